The third kappa shape index (κ3) is 21.3. The smallest absolute Gasteiger partial charge is 0.343 e. The van der Waals surface area contributed by atoms with Crippen LogP contribution < -0.4 is 53.9 Å². The van der Waals surface area contributed by atoms with Crippen molar-refractivity contribution in [2.24, 2.45) is 5.73 Å². The molecule has 5 heterocycles. The maximum absolute atomic E-state index is 15.4. The number of aryl methyl sites for hydroxylation is 1. The Kier molecular flexibility index (Phi) is 28.7. The fraction of sp³-hybridized carbons (Fsp3) is 0.500. The topological polar surface area (TPSA) is 442 Å². The number of imide groups is 1. The van der Waals surface area contributed by atoms with Crippen LogP contribution >= 0.6 is 0 Å². The lowest BCUT2D eigenvalue weighted by Gasteiger charge is -2.31. The minimum absolute atomic E-state index is 0.0198. The number of primary amides is 1. The number of nitrogens with zero attached hydrogens (tertiary/aromatic N) is 3. The molecule has 2 aromatic heterocycles. The van der Waals surface area contributed by atoms with E-state index in [1.54, 1.807) is 50.2 Å². The molecule has 11 N–H and O–H groups in total. The number of fused-ring (bicyclic) bond motifs is 5. The molecule has 1 unspecified atom stereocenters. The van der Waals surface area contributed by atoms with Crippen molar-refractivity contribution in [2.75, 3.05) is 119 Å². The van der Waals surface area contributed by atoms with Crippen LogP contribution in [0.5, 0.6) is 0 Å². The Labute approximate surface area is 572 Å². The van der Waals surface area contributed by atoms with Gasteiger partial charge in [-0.15, -0.1) is 0 Å². The monoisotopic (exact) mass is 1400 g/mol. The highest BCUT2D eigenvalue weighted by atomic mass is 19.1. The van der Waals surface area contributed by atoms with E-state index >= 15 is 4.39 Å². The molecule has 4 aromatic rings. The highest BCUT2D eigenvalue weighted by Gasteiger charge is 2.46. The number of aliphatic hydroxyl groups is 1. The molecule has 0 radical (unpaired) electrons. The Morgan fingerprint density at radius 1 is 0.710 bits per heavy atom. The van der Waals surface area contributed by atoms with E-state index in [-0.39, 0.29) is 103 Å². The van der Waals surface area contributed by atoms with Crippen molar-refractivity contribution >= 4 is 75.9 Å². The SMILES string of the molecule is CC[C@@]1(O)C(=O)OCc2c1cc1n(c2=O)Cc2c-1nc1cc(F)c(C)c3c1c2[C@@H](NC(=O)COCNC(=O)CNC(=O)[C@H](Cc1ccccc1)NC(=O)CNC(=O)CNC(=O)CCOCCOCCOCCOCCOCCOCCNC(=O)CC(CC(N)=O)NN1C(=O)C=CC1=O)CC3. The molecular weight excluding hydrogens is 1320 g/mol. The molecule has 2 aromatic carbocycles. The van der Waals surface area contributed by atoms with Gasteiger partial charge in [0.1, 0.15) is 31.8 Å². The normalized spacial score (nSPS) is 16.2. The Morgan fingerprint density at radius 2 is 1.32 bits per heavy atom. The molecule has 3 aliphatic heterocycles. The Balaban J connectivity index is 0.636. The lowest BCUT2D eigenvalue weighted by Crippen LogP contribution is -2.52. The second-order valence-electron chi connectivity index (χ2n) is 23.5. The maximum Gasteiger partial charge on any atom is 0.343 e. The van der Waals surface area contributed by atoms with E-state index in [0.29, 0.717) is 108 Å². The van der Waals surface area contributed by atoms with Gasteiger partial charge in [-0.25, -0.2) is 24.6 Å². The summed E-state index contributed by atoms with van der Waals surface area (Å²) < 4.78 is 60.3. The van der Waals surface area contributed by atoms with Crippen LogP contribution in [0.2, 0.25) is 0 Å². The largest absolute Gasteiger partial charge is 0.458 e. The number of hydrazine groups is 1. The zero-order valence-corrected chi connectivity index (χ0v) is 55.4. The second kappa shape index (κ2) is 37.6. The standard InChI is InChI=1S/C66H83FN12O21/c1-3-66(92)45-30-50-62-43(35-78(50)64(90)44(45)36-100-65(66)91)61-47(10-9-42-39(2)46(67)31-48(76-62)60(42)61)74-57(86)37-99-38-73-55(84)33-72-63(89)49(27-40-7-5-4-6-8-40)75-56(85)34-71-54(83)32-70-52(81)13-15-93-17-19-95-21-23-97-25-26-98-24-22-96-20-18-94-16-14-69-53(82)29-41(28-51(68)80)77-79-58(87)11-12-59(79)88/h4-8,11-12,30-31,41,47,49,77,92H,3,9-10,13-29,32-38H2,1-2H3,(H2,68,80)(H,69,82)(H,70,81)(H,71,83)(H,72,89)(H,73,84)(H,74,86)(H,75,85)/t41?,47-,49-,66-/m0/s1. The van der Waals surface area contributed by atoms with E-state index in [2.05, 4.69) is 42.6 Å². The van der Waals surface area contributed by atoms with E-state index in [4.69, 9.17) is 48.6 Å². The molecule has 4 aliphatic rings. The summed E-state index contributed by atoms with van der Waals surface area (Å²) in [6.07, 6.45) is 2.29. The number of hydrogen-bond acceptors (Lipinski definition) is 23. The first-order valence-electron chi connectivity index (χ1n) is 32.6. The lowest BCUT2D eigenvalue weighted by atomic mass is 9.81. The van der Waals surface area contributed by atoms with Gasteiger partial charge in [0.25, 0.3) is 17.4 Å². The van der Waals surface area contributed by atoms with Crippen molar-refractivity contribution in [1.29, 1.82) is 0 Å². The third-order valence-electron chi connectivity index (χ3n) is 16.5. The number of hydrogen-bond donors (Lipinski definition) is 10. The van der Waals surface area contributed by atoms with Crippen molar-refractivity contribution in [3.8, 4) is 11.4 Å². The summed E-state index contributed by atoms with van der Waals surface area (Å²) in [5.74, 6) is -7.61. The number of halogens is 1. The number of carbonyl (C=O) groups excluding carboxylic acids is 11. The fourth-order valence-corrected chi connectivity index (χ4v) is 11.4. The number of aromatic nitrogens is 2. The average molecular weight is 1400 g/mol. The van der Waals surface area contributed by atoms with Crippen LogP contribution in [0.15, 0.2) is 59.4 Å². The van der Waals surface area contributed by atoms with Crippen LogP contribution in [-0.2, 0) is 122 Å². The summed E-state index contributed by atoms with van der Waals surface area (Å²) in [4.78, 5) is 157. The van der Waals surface area contributed by atoms with Gasteiger partial charge in [0, 0.05) is 73.0 Å². The van der Waals surface area contributed by atoms with Crippen LogP contribution in [0.3, 0.4) is 0 Å². The van der Waals surface area contributed by atoms with E-state index in [9.17, 15) is 62.6 Å². The molecular formula is C66H83FN12O21. The predicted octanol–water partition coefficient (Wildman–Crippen LogP) is -2.53. The number of ether oxygens (including phenoxy) is 8. The summed E-state index contributed by atoms with van der Waals surface area (Å²) >= 11 is 0. The molecule has 1 aliphatic carbocycles. The number of amides is 10. The number of cyclic esters (lactones) is 1. The van der Waals surface area contributed by atoms with Crippen molar-refractivity contribution < 1.29 is 100 Å². The van der Waals surface area contributed by atoms with Gasteiger partial charge in [0.15, 0.2) is 5.60 Å². The molecule has 34 heteroatoms. The Morgan fingerprint density at radius 3 is 1.97 bits per heavy atom. The van der Waals surface area contributed by atoms with E-state index < -0.39 is 133 Å². The Bertz CT molecular complexity index is 3740. The summed E-state index contributed by atoms with van der Waals surface area (Å²) in [7, 11) is 0. The molecule has 0 saturated heterocycles. The molecule has 540 valence electrons. The van der Waals surface area contributed by atoms with Crippen LogP contribution in [0.1, 0.15) is 84.0 Å². The maximum atomic E-state index is 15.4. The molecule has 10 amide bonds. The van der Waals surface area contributed by atoms with E-state index in [1.165, 1.54) is 10.6 Å². The van der Waals surface area contributed by atoms with Crippen LogP contribution in [0.25, 0.3) is 22.3 Å². The molecule has 0 saturated carbocycles. The van der Waals surface area contributed by atoms with Crippen LogP contribution in [0.4, 0.5) is 4.39 Å². The van der Waals surface area contributed by atoms with E-state index in [1.807, 2.05) is 0 Å². The van der Waals surface area contributed by atoms with Crippen molar-refractivity contribution in [2.45, 2.75) is 95.7 Å². The van der Waals surface area contributed by atoms with Gasteiger partial charge in [-0.1, -0.05) is 37.3 Å². The third-order valence-corrected chi connectivity index (χ3v) is 16.5. The highest BCUT2D eigenvalue weighted by Crippen LogP contribution is 2.46. The van der Waals surface area contributed by atoms with Gasteiger partial charge in [-0.05, 0) is 54.5 Å². The summed E-state index contributed by atoms with van der Waals surface area (Å²) in [5, 5.41) is 30.7. The molecule has 33 nitrogen and oxygen atoms in total. The quantitative estimate of drug-likeness (QED) is 0.00832. The minimum Gasteiger partial charge on any atom is -0.458 e. The number of nitrogens with one attached hydrogen (secondary N) is 8. The van der Waals surface area contributed by atoms with Crippen LogP contribution in [-0.4, -0.2) is 216 Å². The second-order valence-corrected chi connectivity index (χ2v) is 23.5. The summed E-state index contributed by atoms with van der Waals surface area (Å²) in [6.45, 7) is 3.80. The van der Waals surface area contributed by atoms with Gasteiger partial charge < -0.3 is 90.5 Å². The zero-order chi connectivity index (χ0) is 71.7. The van der Waals surface area contributed by atoms with Crippen molar-refractivity contribution in [1.82, 2.24) is 57.2 Å². The molecule has 0 bridgehead atoms. The molecule has 0 fully saturated rings. The highest BCUT2D eigenvalue weighted by molar-refractivity contribution is 6.12. The van der Waals surface area contributed by atoms with Crippen molar-refractivity contribution in [3.05, 3.63) is 110 Å². The molecule has 100 heavy (non-hydrogen) atoms. The van der Waals surface area contributed by atoms with Crippen LogP contribution in [0, 0.1) is 12.7 Å². The number of rotatable bonds is 43. The van der Waals surface area contributed by atoms with Gasteiger partial charge in [-0.2, -0.15) is 0 Å². The molecule has 0 spiro atoms. The van der Waals surface area contributed by atoms with Gasteiger partial charge in [-0.3, -0.25) is 52.7 Å². The fourth-order valence-electron chi connectivity index (χ4n) is 11.4. The number of carbonyl (C=O) groups is 11. The lowest BCUT2D eigenvalue weighted by molar-refractivity contribution is -0.172. The first-order chi connectivity index (χ1) is 48.1. The molecule has 4 atom stereocenters. The Hall–Kier alpha value is -9.52. The first-order valence-corrected chi connectivity index (χ1v) is 32.6. The van der Waals surface area contributed by atoms with Crippen molar-refractivity contribution in [3.63, 3.8) is 0 Å². The number of nitrogens with two attached hydrogens (primary N) is 1. The van der Waals surface area contributed by atoms with Gasteiger partial charge in [0.2, 0.25) is 47.3 Å². The van der Waals surface area contributed by atoms with E-state index in [0.717, 1.165) is 12.2 Å². The zero-order valence-electron chi connectivity index (χ0n) is 55.4. The number of esters is 1. The molecule has 8 rings (SSSR count). The minimum atomic E-state index is -2.06. The number of benzene rings is 2. The first kappa shape index (κ1) is 76.2. The summed E-state index contributed by atoms with van der Waals surface area (Å²) in [5.41, 5.74) is 9.54. The number of pyridine rings is 2. The average Bonchev–Trinajstić information content (AvgIpc) is 1.56. The summed E-state index contributed by atoms with van der Waals surface area (Å²) in [6, 6.07) is 8.89. The predicted molar refractivity (Wildman–Crippen MR) is 347 cm³/mol. The van der Waals surface area contributed by atoms with Gasteiger partial charge in [0.05, 0.1) is 134 Å². The van der Waals surface area contributed by atoms with Gasteiger partial charge >= 0.3 is 5.97 Å².